The third-order valence-electron chi connectivity index (χ3n) is 5.49. The van der Waals surface area contributed by atoms with Crippen LogP contribution in [0.5, 0.6) is 11.5 Å². The average molecular weight is 536 g/mol. The predicted octanol–water partition coefficient (Wildman–Crippen LogP) is 4.06. The van der Waals surface area contributed by atoms with E-state index in [1.807, 2.05) is 20.8 Å². The molecule has 0 aliphatic carbocycles. The van der Waals surface area contributed by atoms with Crippen molar-refractivity contribution in [3.05, 3.63) is 78.6 Å². The highest BCUT2D eigenvalue weighted by Gasteiger charge is 2.27. The molecular formula is C27H29N5O5S. The molecule has 10 nitrogen and oxygen atoms in total. The van der Waals surface area contributed by atoms with E-state index >= 15 is 0 Å². The zero-order valence-corrected chi connectivity index (χ0v) is 22.0. The van der Waals surface area contributed by atoms with Gasteiger partial charge in [-0.3, -0.25) is 4.79 Å². The van der Waals surface area contributed by atoms with Gasteiger partial charge in [0.05, 0.1) is 23.1 Å². The zero-order chi connectivity index (χ0) is 27.3. The third kappa shape index (κ3) is 6.12. The van der Waals surface area contributed by atoms with Gasteiger partial charge < -0.3 is 20.5 Å². The second-order valence-corrected chi connectivity index (χ2v) is 10.3. The molecule has 0 fully saturated rings. The summed E-state index contributed by atoms with van der Waals surface area (Å²) < 4.78 is 39.7. The summed E-state index contributed by atoms with van der Waals surface area (Å²) in [5.74, 6) is 0.491. The van der Waals surface area contributed by atoms with Gasteiger partial charge in [-0.05, 0) is 68.8 Å². The number of hydrogen-bond donors (Lipinski definition) is 3. The van der Waals surface area contributed by atoms with E-state index in [1.165, 1.54) is 18.5 Å². The first kappa shape index (κ1) is 26.7. The summed E-state index contributed by atoms with van der Waals surface area (Å²) in [5, 5.41) is 3.79. The number of nitrogens with one attached hydrogen (secondary N) is 2. The van der Waals surface area contributed by atoms with Crippen LogP contribution in [0.2, 0.25) is 0 Å². The first-order chi connectivity index (χ1) is 18.2. The number of ether oxygens (including phenoxy) is 2. The van der Waals surface area contributed by atoms with Crippen molar-refractivity contribution in [1.29, 1.82) is 0 Å². The van der Waals surface area contributed by atoms with Crippen LogP contribution >= 0.6 is 0 Å². The Morgan fingerprint density at radius 3 is 2.47 bits per heavy atom. The summed E-state index contributed by atoms with van der Waals surface area (Å²) in [6, 6.07) is 16.8. The summed E-state index contributed by atoms with van der Waals surface area (Å²) >= 11 is 0. The molecule has 4 rings (SSSR count). The zero-order valence-electron chi connectivity index (χ0n) is 21.2. The number of hydrogen-bond acceptors (Lipinski definition) is 9. The molecule has 1 unspecified atom stereocenters. The molecule has 0 aliphatic heterocycles. The number of benzene rings is 3. The number of carbonyl (C=O) groups is 1. The maximum Gasteiger partial charge on any atom is 0.264 e. The predicted molar refractivity (Wildman–Crippen MR) is 145 cm³/mol. The van der Waals surface area contributed by atoms with E-state index in [0.29, 0.717) is 46.1 Å². The summed E-state index contributed by atoms with van der Waals surface area (Å²) in [6.45, 7) is 6.00. The minimum absolute atomic E-state index is 0.0272. The van der Waals surface area contributed by atoms with Gasteiger partial charge in [0.15, 0.2) is 11.5 Å². The Labute approximate surface area is 221 Å². The highest BCUT2D eigenvalue weighted by Crippen LogP contribution is 2.33. The molecule has 0 radical (unpaired) electrons. The smallest absolute Gasteiger partial charge is 0.264 e. The average Bonchev–Trinajstić information content (AvgIpc) is 2.88. The van der Waals surface area contributed by atoms with Crippen molar-refractivity contribution >= 4 is 38.3 Å². The summed E-state index contributed by atoms with van der Waals surface area (Å²) in [5.41, 5.74) is 7.49. The molecule has 1 amide bonds. The van der Waals surface area contributed by atoms with Crippen LogP contribution in [-0.4, -0.2) is 37.0 Å². The Kier molecular flexibility index (Phi) is 7.96. The van der Waals surface area contributed by atoms with E-state index in [1.54, 1.807) is 54.6 Å². The fraction of sp³-hybridized carbons (Fsp3) is 0.222. The van der Waals surface area contributed by atoms with Crippen LogP contribution in [0.25, 0.3) is 10.9 Å². The number of rotatable bonds is 10. The van der Waals surface area contributed by atoms with Crippen LogP contribution in [0.3, 0.4) is 0 Å². The summed E-state index contributed by atoms with van der Waals surface area (Å²) in [6.07, 6.45) is 1.25. The molecule has 4 N–H and O–H groups in total. The number of anilines is 2. The van der Waals surface area contributed by atoms with Crippen LogP contribution in [0.15, 0.2) is 78.0 Å². The Morgan fingerprint density at radius 2 is 1.76 bits per heavy atom. The van der Waals surface area contributed by atoms with Gasteiger partial charge in [0.2, 0.25) is 0 Å². The first-order valence-corrected chi connectivity index (χ1v) is 13.5. The van der Waals surface area contributed by atoms with Gasteiger partial charge in [0, 0.05) is 11.1 Å². The van der Waals surface area contributed by atoms with Crippen LogP contribution in [0, 0.1) is 0 Å². The molecule has 11 heteroatoms. The number of nitrogens with two attached hydrogens (primary N) is 1. The molecule has 1 aromatic heterocycles. The molecule has 38 heavy (non-hydrogen) atoms. The number of amides is 1. The monoisotopic (exact) mass is 535 g/mol. The Balaban J connectivity index is 1.74. The van der Waals surface area contributed by atoms with Gasteiger partial charge >= 0.3 is 0 Å². The largest absolute Gasteiger partial charge is 0.490 e. The minimum atomic E-state index is -4.12. The fourth-order valence-electron chi connectivity index (χ4n) is 3.81. The van der Waals surface area contributed by atoms with E-state index < -0.39 is 22.0 Å². The van der Waals surface area contributed by atoms with Gasteiger partial charge in [-0.1, -0.05) is 24.3 Å². The summed E-state index contributed by atoms with van der Waals surface area (Å²) in [7, 11) is -4.12. The molecule has 1 heterocycles. The molecule has 4 aromatic rings. The summed E-state index contributed by atoms with van der Waals surface area (Å²) in [4.78, 5) is 21.7. The van der Waals surface area contributed by atoms with Crippen molar-refractivity contribution in [2.45, 2.75) is 37.8 Å². The number of aromatic nitrogens is 2. The van der Waals surface area contributed by atoms with E-state index in [-0.39, 0.29) is 11.0 Å². The number of nitrogens with zero attached hydrogens (tertiary/aromatic N) is 2. The Morgan fingerprint density at radius 1 is 1.00 bits per heavy atom. The third-order valence-corrected chi connectivity index (χ3v) is 6.86. The maximum atomic E-state index is 13.5. The lowest BCUT2D eigenvalue weighted by atomic mass is 10.0. The molecule has 198 valence electrons. The molecule has 0 aliphatic rings. The number of sulfonamides is 1. The molecule has 0 saturated heterocycles. The van der Waals surface area contributed by atoms with Crippen molar-refractivity contribution in [3.63, 3.8) is 0 Å². The second kappa shape index (κ2) is 11.3. The lowest BCUT2D eigenvalue weighted by Gasteiger charge is -2.22. The number of carbonyl (C=O) groups excluding carboxylic acids is 1. The van der Waals surface area contributed by atoms with Gasteiger partial charge in [0.1, 0.15) is 18.2 Å². The van der Waals surface area contributed by atoms with Crippen LogP contribution in [-0.2, 0) is 14.8 Å². The first-order valence-electron chi connectivity index (χ1n) is 12.0. The highest BCUT2D eigenvalue weighted by atomic mass is 32.2. The van der Waals surface area contributed by atoms with Crippen molar-refractivity contribution in [2.24, 2.45) is 0 Å². The highest BCUT2D eigenvalue weighted by molar-refractivity contribution is 7.90. The maximum absolute atomic E-state index is 13.5. The minimum Gasteiger partial charge on any atom is -0.490 e. The normalized spacial score (nSPS) is 12.2. The van der Waals surface area contributed by atoms with Crippen molar-refractivity contribution < 1.29 is 22.7 Å². The number of nitrogen functional groups attached to an aromatic ring is 1. The van der Waals surface area contributed by atoms with Crippen molar-refractivity contribution in [3.8, 4) is 11.5 Å². The molecule has 0 bridgehead atoms. The fourth-order valence-corrected chi connectivity index (χ4v) is 4.82. The standard InChI is InChI=1S/C27H29N5O5S/c1-4-36-24-14-18(10-13-23(24)37-17(2)3)25(27(33)32-38(34,35)20-8-6-5-7-9-20)31-19-11-12-21-22(15-19)29-16-30-26(21)28/h5-17,25,31H,4H2,1-3H3,(H,32,33)(H2,28,29,30). The number of fused-ring (bicyclic) bond motifs is 1. The second-order valence-electron chi connectivity index (χ2n) is 8.66. The van der Waals surface area contributed by atoms with Gasteiger partial charge in [-0.25, -0.2) is 23.1 Å². The van der Waals surface area contributed by atoms with Crippen LogP contribution in [0.4, 0.5) is 11.5 Å². The topological polar surface area (TPSA) is 146 Å². The molecule has 3 aromatic carbocycles. The van der Waals surface area contributed by atoms with Gasteiger partial charge in [-0.15, -0.1) is 0 Å². The molecular weight excluding hydrogens is 506 g/mol. The van der Waals surface area contributed by atoms with Gasteiger partial charge in [-0.2, -0.15) is 0 Å². The Bertz CT molecular complexity index is 1540. The molecule has 0 spiro atoms. The lowest BCUT2D eigenvalue weighted by Crippen LogP contribution is -2.37. The molecule has 1 atom stereocenters. The van der Waals surface area contributed by atoms with E-state index in [9.17, 15) is 13.2 Å². The van der Waals surface area contributed by atoms with E-state index in [0.717, 1.165) is 0 Å². The Hall–Kier alpha value is -4.38. The molecule has 0 saturated carbocycles. The van der Waals surface area contributed by atoms with Crippen molar-refractivity contribution in [1.82, 2.24) is 14.7 Å². The lowest BCUT2D eigenvalue weighted by molar-refractivity contribution is -0.120. The quantitative estimate of drug-likeness (QED) is 0.274. The van der Waals surface area contributed by atoms with Crippen molar-refractivity contribution in [2.75, 3.05) is 17.7 Å². The van der Waals surface area contributed by atoms with E-state index in [4.69, 9.17) is 15.2 Å². The van der Waals surface area contributed by atoms with Gasteiger partial charge in [0.25, 0.3) is 15.9 Å². The van der Waals surface area contributed by atoms with Crippen LogP contribution in [0.1, 0.15) is 32.4 Å². The van der Waals surface area contributed by atoms with Crippen LogP contribution < -0.4 is 25.2 Å². The van der Waals surface area contributed by atoms with E-state index in [2.05, 4.69) is 20.0 Å². The SMILES string of the molecule is CCOc1cc(C(Nc2ccc3c(N)ncnc3c2)C(=O)NS(=O)(=O)c2ccccc2)ccc1OC(C)C.